The van der Waals surface area contributed by atoms with Crippen molar-refractivity contribution < 1.29 is 26.0 Å². The van der Waals surface area contributed by atoms with E-state index >= 15 is 0 Å². The van der Waals surface area contributed by atoms with Crippen LogP contribution in [0.25, 0.3) is 5.69 Å². The normalized spacial score (nSPS) is 11.7. The van der Waals surface area contributed by atoms with Crippen LogP contribution >= 0.6 is 0 Å². The van der Waals surface area contributed by atoms with Gasteiger partial charge in [-0.2, -0.15) is 4.68 Å². The van der Waals surface area contributed by atoms with Gasteiger partial charge in [-0.15, -0.1) is 5.10 Å². The highest BCUT2D eigenvalue weighted by atomic mass is 32.2. The molecule has 0 saturated heterocycles. The highest BCUT2D eigenvalue weighted by Crippen LogP contribution is 2.16. The Labute approximate surface area is 144 Å². The number of hydrogen-bond acceptors (Lipinski definition) is 5. The molecule has 2 aromatic carbocycles. The first-order chi connectivity index (χ1) is 12.3. The van der Waals surface area contributed by atoms with E-state index in [4.69, 9.17) is 0 Å². The molecule has 136 valence electrons. The van der Waals surface area contributed by atoms with Crippen molar-refractivity contribution in [1.82, 2.24) is 24.9 Å². The summed E-state index contributed by atoms with van der Waals surface area (Å²) in [5.41, 5.74) is 0.0519. The van der Waals surface area contributed by atoms with E-state index in [1.54, 1.807) is 0 Å². The van der Waals surface area contributed by atoms with Crippen LogP contribution in [0.15, 0.2) is 41.3 Å². The summed E-state index contributed by atoms with van der Waals surface area (Å²) in [4.78, 5) is -0.759. The lowest BCUT2D eigenvalue weighted by Gasteiger charge is -2.08. The maximum atomic E-state index is 13.7. The average Bonchev–Trinajstić information content (AvgIpc) is 3.04. The third-order valence-electron chi connectivity index (χ3n) is 3.29. The van der Waals surface area contributed by atoms with Crippen LogP contribution in [0.1, 0.15) is 5.82 Å². The third kappa shape index (κ3) is 3.55. The summed E-state index contributed by atoms with van der Waals surface area (Å²) in [7, 11) is -4.33. The van der Waals surface area contributed by atoms with Gasteiger partial charge in [0.1, 0.15) is 16.5 Å². The van der Waals surface area contributed by atoms with Gasteiger partial charge >= 0.3 is 0 Å². The molecule has 0 amide bonds. The maximum absolute atomic E-state index is 13.7. The summed E-state index contributed by atoms with van der Waals surface area (Å²) in [6, 6.07) is 4.86. The fraction of sp³-hybridized carbons (Fsp3) is 0.0714. The molecule has 26 heavy (non-hydrogen) atoms. The van der Waals surface area contributed by atoms with Crippen LogP contribution in [0.3, 0.4) is 0 Å². The largest absolute Gasteiger partial charge is 0.243 e. The number of sulfonamides is 1. The first-order valence-electron chi connectivity index (χ1n) is 6.95. The summed E-state index contributed by atoms with van der Waals surface area (Å²) >= 11 is 0. The van der Waals surface area contributed by atoms with Crippen molar-refractivity contribution in [3.8, 4) is 5.69 Å². The van der Waals surface area contributed by atoms with Gasteiger partial charge in [-0.05, 0) is 34.7 Å². The number of tetrazole rings is 1. The predicted octanol–water partition coefficient (Wildman–Crippen LogP) is 1.70. The van der Waals surface area contributed by atoms with Gasteiger partial charge in [-0.1, -0.05) is 0 Å². The Bertz CT molecular complexity index is 1070. The zero-order valence-electron chi connectivity index (χ0n) is 12.7. The topological polar surface area (TPSA) is 89.8 Å². The lowest BCUT2D eigenvalue weighted by molar-refractivity contribution is 0.507. The molecule has 0 bridgehead atoms. The molecule has 1 N–H and O–H groups in total. The van der Waals surface area contributed by atoms with Gasteiger partial charge in [0, 0.05) is 12.1 Å². The van der Waals surface area contributed by atoms with Crippen molar-refractivity contribution in [3.05, 3.63) is 65.5 Å². The van der Waals surface area contributed by atoms with Crippen molar-refractivity contribution in [1.29, 1.82) is 0 Å². The molecular formula is C14H9F4N5O2S. The molecule has 0 saturated carbocycles. The molecule has 0 atom stereocenters. The van der Waals surface area contributed by atoms with E-state index in [0.717, 1.165) is 28.9 Å². The molecule has 3 rings (SSSR count). The number of aromatic nitrogens is 4. The molecule has 7 nitrogen and oxygen atoms in total. The van der Waals surface area contributed by atoms with Gasteiger partial charge in [-0.3, -0.25) is 0 Å². The number of rotatable bonds is 5. The minimum Gasteiger partial charge on any atom is -0.207 e. The van der Waals surface area contributed by atoms with Crippen LogP contribution in [0.2, 0.25) is 0 Å². The van der Waals surface area contributed by atoms with Crippen molar-refractivity contribution in [2.75, 3.05) is 0 Å². The van der Waals surface area contributed by atoms with Crippen LogP contribution in [0.5, 0.6) is 0 Å². The SMILES string of the molecule is O=S(=O)(NCc1nnnn1-c1ccc(F)c(F)c1)c1ccc(F)cc1F. The van der Waals surface area contributed by atoms with Crippen molar-refractivity contribution >= 4 is 10.0 Å². The summed E-state index contributed by atoms with van der Waals surface area (Å²) < 4.78 is 80.2. The van der Waals surface area contributed by atoms with Gasteiger partial charge in [-0.25, -0.2) is 30.7 Å². The Kier molecular flexibility index (Phi) is 4.70. The Morgan fingerprint density at radius 3 is 2.42 bits per heavy atom. The Morgan fingerprint density at radius 1 is 0.962 bits per heavy atom. The lowest BCUT2D eigenvalue weighted by atomic mass is 10.3. The molecule has 0 aliphatic carbocycles. The fourth-order valence-corrected chi connectivity index (χ4v) is 3.10. The van der Waals surface area contributed by atoms with E-state index in [0.29, 0.717) is 6.07 Å². The number of nitrogens with one attached hydrogen (secondary N) is 1. The average molecular weight is 387 g/mol. The molecule has 0 radical (unpaired) electrons. The first kappa shape index (κ1) is 17.9. The second kappa shape index (κ2) is 6.80. The number of hydrogen-bond donors (Lipinski definition) is 1. The predicted molar refractivity (Wildman–Crippen MR) is 79.5 cm³/mol. The van der Waals surface area contributed by atoms with E-state index in [-0.39, 0.29) is 11.5 Å². The zero-order chi connectivity index (χ0) is 18.9. The number of benzene rings is 2. The van der Waals surface area contributed by atoms with E-state index in [1.165, 1.54) is 6.07 Å². The molecule has 1 heterocycles. The lowest BCUT2D eigenvalue weighted by Crippen LogP contribution is -2.26. The summed E-state index contributed by atoms with van der Waals surface area (Å²) in [6.45, 7) is -0.481. The van der Waals surface area contributed by atoms with Crippen molar-refractivity contribution in [2.24, 2.45) is 0 Å². The summed E-state index contributed by atoms with van der Waals surface area (Å²) in [5.74, 6) is -4.47. The quantitative estimate of drug-likeness (QED) is 0.673. The zero-order valence-corrected chi connectivity index (χ0v) is 13.5. The molecule has 0 fully saturated rings. The van der Waals surface area contributed by atoms with E-state index in [9.17, 15) is 26.0 Å². The monoisotopic (exact) mass is 387 g/mol. The summed E-state index contributed by atoms with van der Waals surface area (Å²) in [6.07, 6.45) is 0. The second-order valence-corrected chi connectivity index (χ2v) is 6.74. The van der Waals surface area contributed by atoms with Crippen LogP contribution in [-0.2, 0) is 16.6 Å². The van der Waals surface area contributed by atoms with E-state index in [1.807, 2.05) is 0 Å². The van der Waals surface area contributed by atoms with Crippen molar-refractivity contribution in [2.45, 2.75) is 11.4 Å². The standard InChI is InChI=1S/C14H9F4N5O2S/c15-8-1-4-13(12(18)5-8)26(24,25)19-7-14-20-21-22-23(14)9-2-3-10(16)11(17)6-9/h1-6,19H,7H2. The minimum atomic E-state index is -4.33. The summed E-state index contributed by atoms with van der Waals surface area (Å²) in [5, 5.41) is 10.5. The maximum Gasteiger partial charge on any atom is 0.243 e. The highest BCUT2D eigenvalue weighted by molar-refractivity contribution is 7.89. The number of halogens is 4. The molecule has 0 unspecified atom stereocenters. The van der Waals surface area contributed by atoms with Crippen LogP contribution in [0, 0.1) is 23.3 Å². The molecular weight excluding hydrogens is 378 g/mol. The number of nitrogens with zero attached hydrogens (tertiary/aromatic N) is 4. The second-order valence-electron chi connectivity index (χ2n) is 5.00. The molecule has 0 aliphatic rings. The highest BCUT2D eigenvalue weighted by Gasteiger charge is 2.21. The van der Waals surface area contributed by atoms with Gasteiger partial charge in [0.05, 0.1) is 12.2 Å². The Morgan fingerprint density at radius 2 is 1.73 bits per heavy atom. The molecule has 3 aromatic rings. The molecule has 12 heteroatoms. The third-order valence-corrected chi connectivity index (χ3v) is 4.72. The van der Waals surface area contributed by atoms with E-state index in [2.05, 4.69) is 20.2 Å². The van der Waals surface area contributed by atoms with Gasteiger partial charge in [0.2, 0.25) is 10.0 Å². The molecule has 0 spiro atoms. The van der Waals surface area contributed by atoms with Gasteiger partial charge in [0.25, 0.3) is 0 Å². The smallest absolute Gasteiger partial charge is 0.207 e. The molecule has 1 aromatic heterocycles. The van der Waals surface area contributed by atoms with Crippen LogP contribution in [-0.4, -0.2) is 28.6 Å². The van der Waals surface area contributed by atoms with Gasteiger partial charge in [0.15, 0.2) is 17.5 Å². The Hall–Kier alpha value is -2.86. The van der Waals surface area contributed by atoms with Crippen LogP contribution < -0.4 is 4.72 Å². The van der Waals surface area contributed by atoms with Crippen LogP contribution in [0.4, 0.5) is 17.6 Å². The van der Waals surface area contributed by atoms with Gasteiger partial charge < -0.3 is 0 Å². The van der Waals surface area contributed by atoms with Crippen molar-refractivity contribution in [3.63, 3.8) is 0 Å². The molecule has 0 aliphatic heterocycles. The first-order valence-corrected chi connectivity index (χ1v) is 8.43. The Balaban J connectivity index is 1.84. The van der Waals surface area contributed by atoms with E-state index < -0.39 is 44.7 Å². The fourth-order valence-electron chi connectivity index (χ4n) is 2.06. The minimum absolute atomic E-state index is 0.0519.